The molecule has 8 aromatic carbocycles. The molecule has 0 saturated carbocycles. The van der Waals surface area contributed by atoms with E-state index in [0.29, 0.717) is 0 Å². The van der Waals surface area contributed by atoms with Crippen LogP contribution in [0.4, 0.5) is 0 Å². The van der Waals surface area contributed by atoms with Crippen LogP contribution in [0.2, 0.25) is 0 Å². The number of benzene rings is 8. The maximum absolute atomic E-state index is 4.89. The second-order valence-electron chi connectivity index (χ2n) is 15.7. The highest BCUT2D eigenvalue weighted by Gasteiger charge is 2.51. The van der Waals surface area contributed by atoms with E-state index < -0.39 is 5.41 Å². The van der Waals surface area contributed by atoms with Crippen molar-refractivity contribution in [1.29, 1.82) is 0 Å². The van der Waals surface area contributed by atoms with E-state index in [9.17, 15) is 0 Å². The van der Waals surface area contributed by atoms with E-state index in [1.165, 1.54) is 98.2 Å². The molecule has 14 rings (SSSR count). The highest BCUT2D eigenvalue weighted by Crippen LogP contribution is 2.63. The minimum Gasteiger partial charge on any atom is -0.309 e. The van der Waals surface area contributed by atoms with Gasteiger partial charge in [-0.15, -0.1) is 11.3 Å². The normalized spacial score (nSPS) is 13.7. The van der Waals surface area contributed by atoms with E-state index in [0.717, 1.165) is 21.6 Å². The molecule has 58 heavy (non-hydrogen) atoms. The van der Waals surface area contributed by atoms with Gasteiger partial charge in [-0.25, -0.2) is 9.97 Å². The van der Waals surface area contributed by atoms with Gasteiger partial charge in [0.05, 0.1) is 32.2 Å². The molecule has 0 fully saturated rings. The summed E-state index contributed by atoms with van der Waals surface area (Å²) in [6, 6.07) is 63.1. The summed E-state index contributed by atoms with van der Waals surface area (Å²) in [5.41, 5.74) is 17.2. The van der Waals surface area contributed by atoms with E-state index in [1.807, 2.05) is 6.20 Å². The first-order chi connectivity index (χ1) is 28.8. The summed E-state index contributed by atoms with van der Waals surface area (Å²) in [7, 11) is 0. The second-order valence-corrected chi connectivity index (χ2v) is 16.7. The van der Waals surface area contributed by atoms with Crippen LogP contribution >= 0.6 is 11.3 Å². The number of fused-ring (bicyclic) bond motifs is 22. The van der Waals surface area contributed by atoms with Crippen LogP contribution in [0.25, 0.3) is 97.5 Å². The summed E-state index contributed by atoms with van der Waals surface area (Å²) >= 11 is 1.77. The molecule has 0 amide bonds. The fourth-order valence-corrected chi connectivity index (χ4v) is 12.2. The monoisotopic (exact) mass is 754 g/mol. The Labute approximate surface area is 336 Å². The first kappa shape index (κ1) is 30.8. The molecule has 2 aliphatic carbocycles. The second kappa shape index (κ2) is 10.9. The molecule has 0 radical (unpaired) electrons. The van der Waals surface area contributed by atoms with Crippen LogP contribution in [0.1, 0.15) is 22.3 Å². The Morgan fingerprint density at radius 2 is 0.966 bits per heavy atom. The first-order valence-corrected chi connectivity index (χ1v) is 20.6. The van der Waals surface area contributed by atoms with E-state index in [1.54, 1.807) is 17.7 Å². The van der Waals surface area contributed by atoms with Crippen LogP contribution in [0.15, 0.2) is 182 Å². The average Bonchev–Trinajstić information content (AvgIpc) is 4.07. The van der Waals surface area contributed by atoms with Crippen molar-refractivity contribution in [3.8, 4) is 33.6 Å². The standard InChI is InChI=1S/C53H30N4S/c1-2-14-31(15-3-1)56-44-24-12-7-19-37(44)46-47-38-20-8-13-25-45(38)57(50(47)51-48(49(46)56)39-29-54-30-55-52(39)58-51)32-26-27-36-35-18-6-11-23-42(35)53(43(36)28-32)40-21-9-4-16-33(40)34-17-5-10-22-41(34)53/h1-30H. The molecule has 12 aromatic rings. The van der Waals surface area contributed by atoms with Crippen LogP contribution in [0.3, 0.4) is 0 Å². The van der Waals surface area contributed by atoms with Crippen LogP contribution in [0.5, 0.6) is 0 Å². The number of aromatic nitrogens is 4. The minimum atomic E-state index is -0.438. The molecule has 0 N–H and O–H groups in total. The SMILES string of the molecule is c1ccc(-n2c3ccccc3c3c4c5ccccc5n(-c5ccc6c(c5)C5(c7ccccc7-c7ccccc75)c5ccccc5-6)c4c4sc5ncncc5c4c32)cc1. The Bertz CT molecular complexity index is 3690. The van der Waals surface area contributed by atoms with Crippen LogP contribution in [0, 0.1) is 0 Å². The molecule has 4 heterocycles. The quantitative estimate of drug-likeness (QED) is 0.176. The topological polar surface area (TPSA) is 35.6 Å². The maximum atomic E-state index is 4.89. The molecule has 4 aromatic heterocycles. The van der Waals surface area contributed by atoms with Gasteiger partial charge < -0.3 is 9.13 Å². The van der Waals surface area contributed by atoms with Crippen molar-refractivity contribution < 1.29 is 0 Å². The fraction of sp³-hybridized carbons (Fsp3) is 0.0189. The van der Waals surface area contributed by atoms with E-state index in [2.05, 4.69) is 184 Å². The predicted octanol–water partition coefficient (Wildman–Crippen LogP) is 13.4. The van der Waals surface area contributed by atoms with Gasteiger partial charge in [0, 0.05) is 49.9 Å². The molecular weight excluding hydrogens is 725 g/mol. The van der Waals surface area contributed by atoms with Gasteiger partial charge in [0.15, 0.2) is 0 Å². The first-order valence-electron chi connectivity index (χ1n) is 19.8. The summed E-state index contributed by atoms with van der Waals surface area (Å²) in [5.74, 6) is 0. The third kappa shape index (κ3) is 3.58. The van der Waals surface area contributed by atoms with Crippen molar-refractivity contribution in [2.75, 3.05) is 0 Å². The number of para-hydroxylation sites is 3. The summed E-state index contributed by atoms with van der Waals surface area (Å²) < 4.78 is 6.22. The van der Waals surface area contributed by atoms with Crippen LogP contribution in [-0.2, 0) is 5.41 Å². The third-order valence-corrected chi connectivity index (χ3v) is 14.2. The van der Waals surface area contributed by atoms with Crippen LogP contribution in [-0.4, -0.2) is 19.1 Å². The van der Waals surface area contributed by atoms with Gasteiger partial charge >= 0.3 is 0 Å². The third-order valence-electron chi connectivity index (χ3n) is 13.1. The number of thiophene rings is 1. The fourth-order valence-electron chi connectivity index (χ4n) is 11.0. The van der Waals surface area contributed by atoms with E-state index in [4.69, 9.17) is 4.98 Å². The summed E-state index contributed by atoms with van der Waals surface area (Å²) in [5, 5.41) is 7.25. The molecule has 0 unspecified atom stereocenters. The lowest BCUT2D eigenvalue weighted by atomic mass is 9.70. The number of hydrogen-bond donors (Lipinski definition) is 0. The molecule has 0 atom stereocenters. The van der Waals surface area contributed by atoms with Gasteiger partial charge in [0.1, 0.15) is 11.2 Å². The Morgan fingerprint density at radius 1 is 0.431 bits per heavy atom. The Kier molecular flexibility index (Phi) is 5.82. The van der Waals surface area contributed by atoms with Crippen molar-refractivity contribution in [3.63, 3.8) is 0 Å². The summed E-state index contributed by atoms with van der Waals surface area (Å²) in [6.07, 6.45) is 3.70. The lowest BCUT2D eigenvalue weighted by Crippen LogP contribution is -2.26. The molecule has 2 aliphatic rings. The largest absolute Gasteiger partial charge is 0.309 e. The van der Waals surface area contributed by atoms with Crippen molar-refractivity contribution in [1.82, 2.24) is 19.1 Å². The van der Waals surface area contributed by atoms with Gasteiger partial charge in [-0.05, 0) is 80.9 Å². The lowest BCUT2D eigenvalue weighted by molar-refractivity contribution is 0.792. The van der Waals surface area contributed by atoms with Crippen molar-refractivity contribution in [2.24, 2.45) is 0 Å². The van der Waals surface area contributed by atoms with Gasteiger partial charge in [-0.2, -0.15) is 0 Å². The van der Waals surface area contributed by atoms with E-state index >= 15 is 0 Å². The maximum Gasteiger partial charge on any atom is 0.128 e. The molecule has 5 heteroatoms. The zero-order valence-electron chi connectivity index (χ0n) is 31.0. The molecular formula is C53H30N4S. The zero-order valence-corrected chi connectivity index (χ0v) is 31.8. The number of nitrogens with zero attached hydrogens (tertiary/aromatic N) is 4. The number of hydrogen-bond acceptors (Lipinski definition) is 3. The van der Waals surface area contributed by atoms with Gasteiger partial charge in [-0.3, -0.25) is 0 Å². The molecule has 4 nitrogen and oxygen atoms in total. The van der Waals surface area contributed by atoms with Crippen molar-refractivity contribution in [3.05, 3.63) is 205 Å². The smallest absolute Gasteiger partial charge is 0.128 e. The summed E-state index contributed by atoms with van der Waals surface area (Å²) in [6.45, 7) is 0. The zero-order chi connectivity index (χ0) is 37.7. The van der Waals surface area contributed by atoms with Crippen molar-refractivity contribution in [2.45, 2.75) is 5.41 Å². The summed E-state index contributed by atoms with van der Waals surface area (Å²) in [4.78, 5) is 10.5. The molecule has 0 aliphatic heterocycles. The van der Waals surface area contributed by atoms with Gasteiger partial charge in [-0.1, -0.05) is 133 Å². The minimum absolute atomic E-state index is 0.438. The van der Waals surface area contributed by atoms with E-state index in [-0.39, 0.29) is 0 Å². The van der Waals surface area contributed by atoms with Crippen LogP contribution < -0.4 is 0 Å². The molecule has 1 spiro atoms. The van der Waals surface area contributed by atoms with Crippen molar-refractivity contribution >= 4 is 75.3 Å². The highest BCUT2D eigenvalue weighted by atomic mass is 32.1. The Morgan fingerprint density at radius 3 is 1.62 bits per heavy atom. The average molecular weight is 755 g/mol. The predicted molar refractivity (Wildman–Crippen MR) is 240 cm³/mol. The lowest BCUT2D eigenvalue weighted by Gasteiger charge is -2.30. The molecule has 268 valence electrons. The molecule has 0 saturated heterocycles. The Hall–Kier alpha value is -7.34. The Balaban J connectivity index is 1.19. The molecule has 0 bridgehead atoms. The highest BCUT2D eigenvalue weighted by molar-refractivity contribution is 7.26. The van der Waals surface area contributed by atoms with Gasteiger partial charge in [0.2, 0.25) is 0 Å². The number of rotatable bonds is 2. The van der Waals surface area contributed by atoms with Gasteiger partial charge in [0.25, 0.3) is 0 Å².